The second-order valence-electron chi connectivity index (χ2n) is 1.82. The molecule has 60 valence electrons. The zero-order valence-corrected chi connectivity index (χ0v) is 6.07. The van der Waals surface area contributed by atoms with E-state index in [9.17, 15) is 9.59 Å². The molecule has 1 heterocycles. The summed E-state index contributed by atoms with van der Waals surface area (Å²) in [6.45, 7) is 1.43. The van der Waals surface area contributed by atoms with Gasteiger partial charge in [-0.2, -0.15) is 10.3 Å². The van der Waals surface area contributed by atoms with Gasteiger partial charge in [-0.3, -0.25) is 14.8 Å². The van der Waals surface area contributed by atoms with Gasteiger partial charge in [-0.1, -0.05) is 0 Å². The molecule has 0 aromatic carbocycles. The Hall–Kier alpha value is -1.41. The van der Waals surface area contributed by atoms with E-state index in [1.165, 1.54) is 6.92 Å². The van der Waals surface area contributed by atoms with Crippen LogP contribution in [-0.4, -0.2) is 22.1 Å². The highest BCUT2D eigenvalue weighted by Crippen LogP contribution is 2.06. The number of hydrogen-bond donors (Lipinski definition) is 1. The highest BCUT2D eigenvalue weighted by Gasteiger charge is 2.26. The molecule has 0 aromatic rings. The summed E-state index contributed by atoms with van der Waals surface area (Å²) in [5, 5.41) is 15.9. The lowest BCUT2D eigenvalue weighted by Crippen LogP contribution is -2.24. The maximum atomic E-state index is 10.2. The van der Waals surface area contributed by atoms with Crippen LogP contribution in [0.1, 0.15) is 19.8 Å². The Morgan fingerprint density at radius 3 is 1.82 bits per heavy atom. The minimum atomic E-state index is -0.505. The molecule has 1 fully saturated rings. The van der Waals surface area contributed by atoms with Crippen LogP contribution in [0.15, 0.2) is 0 Å². The van der Waals surface area contributed by atoms with Crippen molar-refractivity contribution >= 4 is 11.8 Å². The summed E-state index contributed by atoms with van der Waals surface area (Å²) in [5.41, 5.74) is 0. The van der Waals surface area contributed by atoms with Crippen molar-refractivity contribution in [1.29, 1.82) is 5.26 Å². The van der Waals surface area contributed by atoms with E-state index >= 15 is 0 Å². The van der Waals surface area contributed by atoms with E-state index in [1.807, 2.05) is 0 Å². The fourth-order valence-electron chi connectivity index (χ4n) is 0.565. The molecule has 0 unspecified atom stereocenters. The van der Waals surface area contributed by atoms with Crippen LogP contribution in [-0.2, 0) is 9.59 Å². The van der Waals surface area contributed by atoms with Gasteiger partial charge in [0.2, 0.25) is 0 Å². The van der Waals surface area contributed by atoms with Crippen LogP contribution in [0, 0.1) is 11.3 Å². The summed E-state index contributed by atoms with van der Waals surface area (Å²) < 4.78 is 0. The highest BCUT2D eigenvalue weighted by molar-refractivity contribution is 6.00. The number of nitriles is 1. The average Bonchev–Trinajstić information content (AvgIpc) is 2.22. The van der Waals surface area contributed by atoms with Gasteiger partial charge < -0.3 is 0 Å². The first-order valence-electron chi connectivity index (χ1n) is 2.99. The first kappa shape index (κ1) is 9.59. The highest BCUT2D eigenvalue weighted by atomic mass is 16.5. The molecule has 2 amide bonds. The van der Waals surface area contributed by atoms with E-state index in [-0.39, 0.29) is 17.9 Å². The Bertz CT molecular complexity index is 190. The molecule has 1 aliphatic rings. The molecule has 1 saturated heterocycles. The molecule has 11 heavy (non-hydrogen) atoms. The molecule has 0 spiro atoms. The van der Waals surface area contributed by atoms with Gasteiger partial charge in [0, 0.05) is 19.8 Å². The maximum absolute atomic E-state index is 10.2. The summed E-state index contributed by atoms with van der Waals surface area (Å²) in [6.07, 6.45) is 0.296. The lowest BCUT2D eigenvalue weighted by molar-refractivity contribution is -0.171. The molecule has 5 heteroatoms. The van der Waals surface area contributed by atoms with Crippen molar-refractivity contribution in [3.63, 3.8) is 0 Å². The van der Waals surface area contributed by atoms with Gasteiger partial charge in [-0.15, -0.1) is 0 Å². The molecule has 1 aliphatic heterocycles. The number of carbonyl (C=O) groups excluding carboxylic acids is 2. The third-order valence-electron chi connectivity index (χ3n) is 1.03. The van der Waals surface area contributed by atoms with Crippen LogP contribution in [0.25, 0.3) is 0 Å². The van der Waals surface area contributed by atoms with Crippen LogP contribution in [0.4, 0.5) is 0 Å². The number of imide groups is 1. The zero-order chi connectivity index (χ0) is 8.85. The molecule has 0 aliphatic carbocycles. The molecule has 0 bridgehead atoms. The van der Waals surface area contributed by atoms with E-state index in [0.717, 1.165) is 0 Å². The summed E-state index contributed by atoms with van der Waals surface area (Å²) in [6, 6.07) is 1.75. The van der Waals surface area contributed by atoms with Crippen LogP contribution >= 0.6 is 0 Å². The molecule has 1 rings (SSSR count). The number of amides is 2. The molecule has 1 N–H and O–H groups in total. The number of rotatable bonds is 0. The predicted octanol–water partition coefficient (Wildman–Crippen LogP) is 0.0545. The zero-order valence-electron chi connectivity index (χ0n) is 6.07. The van der Waals surface area contributed by atoms with Crippen molar-refractivity contribution in [2.45, 2.75) is 19.8 Å². The summed E-state index contributed by atoms with van der Waals surface area (Å²) >= 11 is 0. The average molecular weight is 156 g/mol. The molecule has 0 radical (unpaired) electrons. The Morgan fingerprint density at radius 1 is 1.45 bits per heavy atom. The largest absolute Gasteiger partial charge is 0.279 e. The lowest BCUT2D eigenvalue weighted by Gasteiger charge is -1.98. The van der Waals surface area contributed by atoms with Crippen molar-refractivity contribution in [3.8, 4) is 6.07 Å². The predicted molar refractivity (Wildman–Crippen MR) is 34.2 cm³/mol. The number of carbonyl (C=O) groups is 2. The molecular formula is C6H8N2O3. The topological polar surface area (TPSA) is 81.4 Å². The monoisotopic (exact) mass is 156 g/mol. The Balaban J connectivity index is 0.000000292. The first-order chi connectivity index (χ1) is 5.13. The Morgan fingerprint density at radius 2 is 1.73 bits per heavy atom. The van der Waals surface area contributed by atoms with Crippen molar-refractivity contribution in [2.24, 2.45) is 0 Å². The molecule has 5 nitrogen and oxygen atoms in total. The van der Waals surface area contributed by atoms with Gasteiger partial charge in [-0.25, -0.2) is 0 Å². The molecule has 0 atom stereocenters. The normalized spacial score (nSPS) is 15.5. The minimum absolute atomic E-state index is 0.148. The fraction of sp³-hybridized carbons (Fsp3) is 0.500. The van der Waals surface area contributed by atoms with Crippen molar-refractivity contribution < 1.29 is 14.8 Å². The number of hydrogen-bond acceptors (Lipinski definition) is 4. The van der Waals surface area contributed by atoms with Crippen molar-refractivity contribution in [3.05, 3.63) is 0 Å². The third-order valence-corrected chi connectivity index (χ3v) is 1.03. The summed E-state index contributed by atoms with van der Waals surface area (Å²) in [4.78, 5) is 20.5. The van der Waals surface area contributed by atoms with E-state index in [0.29, 0.717) is 0 Å². The molecule has 0 saturated carbocycles. The first-order valence-corrected chi connectivity index (χ1v) is 2.99. The smallest absolute Gasteiger partial charge is 0.253 e. The fourth-order valence-corrected chi connectivity index (χ4v) is 0.565. The maximum Gasteiger partial charge on any atom is 0.253 e. The van der Waals surface area contributed by atoms with Crippen LogP contribution in [0.3, 0.4) is 0 Å². The Kier molecular flexibility index (Phi) is 3.85. The van der Waals surface area contributed by atoms with E-state index in [2.05, 4.69) is 0 Å². The molecule has 0 aromatic heterocycles. The van der Waals surface area contributed by atoms with Gasteiger partial charge in [0.25, 0.3) is 11.8 Å². The molecular weight excluding hydrogens is 148 g/mol. The van der Waals surface area contributed by atoms with Crippen molar-refractivity contribution in [1.82, 2.24) is 5.06 Å². The van der Waals surface area contributed by atoms with Gasteiger partial charge in [-0.05, 0) is 0 Å². The Labute approximate surface area is 63.8 Å². The van der Waals surface area contributed by atoms with Crippen LogP contribution < -0.4 is 0 Å². The second-order valence-corrected chi connectivity index (χ2v) is 1.82. The lowest BCUT2D eigenvalue weighted by atomic mass is 10.4. The van der Waals surface area contributed by atoms with Gasteiger partial charge in [0.15, 0.2) is 0 Å². The van der Waals surface area contributed by atoms with Gasteiger partial charge >= 0.3 is 0 Å². The van der Waals surface area contributed by atoms with Crippen LogP contribution in [0.2, 0.25) is 0 Å². The second kappa shape index (κ2) is 4.41. The SMILES string of the molecule is CC#N.O=C1CCC(=O)N1O. The number of nitrogens with zero attached hydrogens (tertiary/aromatic N) is 2. The van der Waals surface area contributed by atoms with Crippen LogP contribution in [0.5, 0.6) is 0 Å². The third kappa shape index (κ3) is 2.78. The van der Waals surface area contributed by atoms with E-state index in [1.54, 1.807) is 6.07 Å². The quantitative estimate of drug-likeness (QED) is 0.397. The number of hydroxylamine groups is 2. The summed E-state index contributed by atoms with van der Waals surface area (Å²) in [7, 11) is 0. The van der Waals surface area contributed by atoms with E-state index < -0.39 is 11.8 Å². The van der Waals surface area contributed by atoms with Crippen molar-refractivity contribution in [2.75, 3.05) is 0 Å². The summed E-state index contributed by atoms with van der Waals surface area (Å²) in [5.74, 6) is -1.01. The van der Waals surface area contributed by atoms with E-state index in [4.69, 9.17) is 10.5 Å². The van der Waals surface area contributed by atoms with Gasteiger partial charge in [0.05, 0.1) is 6.07 Å². The standard InChI is InChI=1S/C4H5NO3.C2H3N/c6-3-1-2-4(7)5(3)8;1-2-3/h8H,1-2H2;1H3. The minimum Gasteiger partial charge on any atom is -0.279 e. The van der Waals surface area contributed by atoms with Gasteiger partial charge in [0.1, 0.15) is 0 Å².